The summed E-state index contributed by atoms with van der Waals surface area (Å²) in [6, 6.07) is 6.17. The van der Waals surface area contributed by atoms with Crippen LogP contribution in [0.25, 0.3) is 10.9 Å². The molecule has 0 saturated carbocycles. The molecule has 0 aliphatic carbocycles. The lowest BCUT2D eigenvalue weighted by molar-refractivity contribution is -0.135. The van der Waals surface area contributed by atoms with Gasteiger partial charge < -0.3 is 14.8 Å². The van der Waals surface area contributed by atoms with Gasteiger partial charge in [-0.25, -0.2) is 18.0 Å². The zero-order valence-electron chi connectivity index (χ0n) is 18.2. The van der Waals surface area contributed by atoms with Crippen LogP contribution in [0.5, 0.6) is 5.75 Å². The number of nitrogens with one attached hydrogen (secondary N) is 1. The van der Waals surface area contributed by atoms with Crippen molar-refractivity contribution in [2.45, 2.75) is 44.9 Å². The van der Waals surface area contributed by atoms with E-state index in [0.29, 0.717) is 31.1 Å². The minimum atomic E-state index is -2.34. The molecule has 0 spiro atoms. The van der Waals surface area contributed by atoms with E-state index in [4.69, 9.17) is 0 Å². The number of aromatic nitrogens is 1. The molecule has 0 aliphatic rings. The fourth-order valence-electron chi connectivity index (χ4n) is 3.61. The van der Waals surface area contributed by atoms with Crippen molar-refractivity contribution in [2.24, 2.45) is 0 Å². The number of unbranched alkanes of at least 4 members (excludes halogenated alkanes) is 4. The Hall–Kier alpha value is -3.76. The summed E-state index contributed by atoms with van der Waals surface area (Å²) in [5.41, 5.74) is 0.645. The number of hydrogen-bond donors (Lipinski definition) is 2. The van der Waals surface area contributed by atoms with Crippen LogP contribution < -0.4 is 10.3 Å². The van der Waals surface area contributed by atoms with Crippen LogP contribution in [-0.4, -0.2) is 22.0 Å². The zero-order valence-corrected chi connectivity index (χ0v) is 18.2. The summed E-state index contributed by atoms with van der Waals surface area (Å²) < 4.78 is 70.8. The zero-order chi connectivity index (χ0) is 25.7. The van der Waals surface area contributed by atoms with E-state index in [2.05, 4.69) is 9.72 Å². The van der Waals surface area contributed by atoms with Gasteiger partial charge in [0.15, 0.2) is 0 Å². The van der Waals surface area contributed by atoms with Crippen LogP contribution >= 0.6 is 0 Å². The number of fused-ring (bicyclic) bond motifs is 1. The molecule has 2 aromatic carbocycles. The second kappa shape index (κ2) is 11.1. The number of carboxylic acid groups (broad SMARTS) is 1. The third-order valence-corrected chi connectivity index (χ3v) is 5.35. The third kappa shape index (κ3) is 6.03. The van der Waals surface area contributed by atoms with Crippen molar-refractivity contribution in [2.75, 3.05) is 0 Å². The van der Waals surface area contributed by atoms with E-state index in [9.17, 15) is 41.4 Å². The van der Waals surface area contributed by atoms with Crippen molar-refractivity contribution >= 4 is 22.8 Å². The molecule has 3 aromatic rings. The van der Waals surface area contributed by atoms with E-state index < -0.39 is 52.3 Å². The number of H-pyrrole nitrogens is 1. The van der Waals surface area contributed by atoms with Gasteiger partial charge in [0, 0.05) is 12.5 Å². The fraction of sp³-hybridized carbons (Fsp3) is 0.292. The summed E-state index contributed by atoms with van der Waals surface area (Å²) in [6.07, 6.45) is 3.26. The summed E-state index contributed by atoms with van der Waals surface area (Å²) >= 11 is 0. The fourth-order valence-corrected chi connectivity index (χ4v) is 3.61. The van der Waals surface area contributed by atoms with Crippen molar-refractivity contribution in [3.8, 4) is 5.75 Å². The van der Waals surface area contributed by atoms with Gasteiger partial charge in [0.1, 0.15) is 0 Å². The van der Waals surface area contributed by atoms with Gasteiger partial charge in [0.2, 0.25) is 40.4 Å². The highest BCUT2D eigenvalue weighted by atomic mass is 19.2. The Morgan fingerprint density at radius 3 is 2.09 bits per heavy atom. The van der Waals surface area contributed by atoms with Crippen LogP contribution in [0.15, 0.2) is 29.1 Å². The number of aryl methyl sites for hydroxylation is 1. The van der Waals surface area contributed by atoms with Crippen molar-refractivity contribution < 1.29 is 41.4 Å². The van der Waals surface area contributed by atoms with Gasteiger partial charge in [-0.3, -0.25) is 9.59 Å². The molecule has 0 unspecified atom stereocenters. The molecule has 0 bridgehead atoms. The lowest BCUT2D eigenvalue weighted by Crippen LogP contribution is -2.13. The first-order valence-corrected chi connectivity index (χ1v) is 10.7. The molecule has 0 aliphatic heterocycles. The van der Waals surface area contributed by atoms with Gasteiger partial charge in [-0.15, -0.1) is 0 Å². The second-order valence-corrected chi connectivity index (χ2v) is 7.88. The molecule has 2 N–H and O–H groups in total. The molecule has 186 valence electrons. The van der Waals surface area contributed by atoms with Crippen LogP contribution in [0.1, 0.15) is 54.4 Å². The first-order chi connectivity index (χ1) is 16.6. The first-order valence-electron chi connectivity index (χ1n) is 10.7. The highest BCUT2D eigenvalue weighted by Gasteiger charge is 2.28. The number of ether oxygens (including phenoxy) is 1. The Labute approximate surface area is 195 Å². The maximum atomic E-state index is 13.6. The van der Waals surface area contributed by atoms with Gasteiger partial charge >= 0.3 is 11.9 Å². The number of carbonyl (C=O) groups excluding carboxylic acids is 1. The lowest BCUT2D eigenvalue weighted by atomic mass is 10.00. The minimum absolute atomic E-state index is 0.00232. The van der Waals surface area contributed by atoms with Crippen LogP contribution in [0, 0.1) is 29.1 Å². The summed E-state index contributed by atoms with van der Waals surface area (Å²) in [6.45, 7) is 0. The van der Waals surface area contributed by atoms with Crippen molar-refractivity contribution in [1.82, 2.24) is 4.98 Å². The summed E-state index contributed by atoms with van der Waals surface area (Å²) in [7, 11) is 0. The standard InChI is InChI=1S/C24H20F5NO5/c25-17-18(26)20(28)23(21(29)19(17)27)35-16(32)7-5-3-1-2-4-6-12-10-13-8-9-15(31)30-22(13)14(11-12)24(33)34/h8-11H,1-7H2,(H,30,31)(H,33,34). The number of hydrogen-bond acceptors (Lipinski definition) is 4. The van der Waals surface area contributed by atoms with E-state index in [1.54, 1.807) is 12.1 Å². The maximum absolute atomic E-state index is 13.6. The van der Waals surface area contributed by atoms with Gasteiger partial charge in [0.25, 0.3) is 0 Å². The molecule has 0 amide bonds. The molecule has 1 heterocycles. The van der Waals surface area contributed by atoms with Crippen molar-refractivity contribution in [3.05, 3.63) is 74.8 Å². The number of esters is 1. The molecule has 11 heteroatoms. The normalized spacial score (nSPS) is 11.1. The monoisotopic (exact) mass is 497 g/mol. The summed E-state index contributed by atoms with van der Waals surface area (Å²) in [4.78, 5) is 37.3. The molecule has 35 heavy (non-hydrogen) atoms. The second-order valence-electron chi connectivity index (χ2n) is 7.88. The van der Waals surface area contributed by atoms with Gasteiger partial charge in [-0.1, -0.05) is 19.3 Å². The van der Waals surface area contributed by atoms with Crippen LogP contribution in [-0.2, 0) is 11.2 Å². The molecule has 3 rings (SSSR count). The Kier molecular flexibility index (Phi) is 8.21. The predicted octanol–water partition coefficient (Wildman–Crippen LogP) is 5.41. The molecule has 0 fully saturated rings. The van der Waals surface area contributed by atoms with E-state index >= 15 is 0 Å². The van der Waals surface area contributed by atoms with Gasteiger partial charge in [-0.05, 0) is 48.4 Å². The largest absolute Gasteiger partial charge is 0.478 e. The maximum Gasteiger partial charge on any atom is 0.337 e. The number of aromatic amines is 1. The molecule has 0 radical (unpaired) electrons. The molecule has 0 saturated heterocycles. The van der Waals surface area contributed by atoms with Crippen molar-refractivity contribution in [3.63, 3.8) is 0 Å². The molecule has 0 atom stereocenters. The number of aromatic carboxylic acids is 1. The highest BCUT2D eigenvalue weighted by Crippen LogP contribution is 2.29. The van der Waals surface area contributed by atoms with Gasteiger partial charge in [0.05, 0.1) is 11.1 Å². The van der Waals surface area contributed by atoms with Gasteiger partial charge in [-0.2, -0.15) is 8.78 Å². The number of pyridine rings is 1. The Balaban J connectivity index is 1.45. The Morgan fingerprint density at radius 1 is 0.829 bits per heavy atom. The van der Waals surface area contributed by atoms with Crippen molar-refractivity contribution in [1.29, 1.82) is 0 Å². The molecule has 1 aromatic heterocycles. The lowest BCUT2D eigenvalue weighted by Gasteiger charge is -2.09. The van der Waals surface area contributed by atoms with E-state index in [-0.39, 0.29) is 23.9 Å². The Morgan fingerprint density at radius 2 is 1.43 bits per heavy atom. The SMILES string of the molecule is O=C(CCCCCCCc1cc(C(=O)O)c2[nH]c(=O)ccc2c1)Oc1c(F)c(F)c(F)c(F)c1F. The Bertz CT molecular complexity index is 1310. The molecular weight excluding hydrogens is 477 g/mol. The van der Waals surface area contributed by atoms with Crippen LogP contribution in [0.2, 0.25) is 0 Å². The summed E-state index contributed by atoms with van der Waals surface area (Å²) in [5.74, 6) is -15.0. The topological polar surface area (TPSA) is 96.5 Å². The van der Waals surface area contributed by atoms with Crippen LogP contribution in [0.4, 0.5) is 22.0 Å². The summed E-state index contributed by atoms with van der Waals surface area (Å²) in [5, 5.41) is 10.0. The van der Waals surface area contributed by atoms with Crippen LogP contribution in [0.3, 0.4) is 0 Å². The minimum Gasteiger partial charge on any atom is -0.478 e. The number of rotatable bonds is 10. The smallest absolute Gasteiger partial charge is 0.337 e. The molecular formula is C24H20F5NO5. The number of halogens is 5. The quantitative estimate of drug-likeness (QED) is 0.0975. The predicted molar refractivity (Wildman–Crippen MR) is 115 cm³/mol. The number of carboxylic acids is 1. The average molecular weight is 497 g/mol. The van der Waals surface area contributed by atoms with E-state index in [1.165, 1.54) is 12.1 Å². The number of carbonyl (C=O) groups is 2. The highest BCUT2D eigenvalue weighted by molar-refractivity contribution is 6.02. The first kappa shape index (κ1) is 25.9. The number of benzene rings is 2. The third-order valence-electron chi connectivity index (χ3n) is 5.35. The molecule has 6 nitrogen and oxygen atoms in total. The van der Waals surface area contributed by atoms with E-state index in [1.807, 2.05) is 0 Å². The van der Waals surface area contributed by atoms with E-state index in [0.717, 1.165) is 12.0 Å². The average Bonchev–Trinajstić information content (AvgIpc) is 2.83.